The summed E-state index contributed by atoms with van der Waals surface area (Å²) >= 11 is 0. The summed E-state index contributed by atoms with van der Waals surface area (Å²) < 4.78 is 0. The summed E-state index contributed by atoms with van der Waals surface area (Å²) in [6.07, 6.45) is -1.45. The predicted octanol–water partition coefficient (Wildman–Crippen LogP) is -0.0757. The van der Waals surface area contributed by atoms with Crippen LogP contribution in [0, 0.1) is 39.9 Å². The number of nitriles is 3. The number of aliphatic hydroxyl groups excluding tert-OH is 1. The fourth-order valence-electron chi connectivity index (χ4n) is 0.416. The number of hydrogen-bond acceptors (Lipinski definition) is 4. The number of aliphatic hydroxyl groups is 1. The summed E-state index contributed by atoms with van der Waals surface area (Å²) in [5.41, 5.74) is 0. The standard InChI is InChI=1S/C6H5N3O/c7-2-1-5(3-8)6(10)4-9/h5-6,10H,1H2. The van der Waals surface area contributed by atoms with E-state index in [1.54, 1.807) is 12.1 Å². The first kappa shape index (κ1) is 8.43. The van der Waals surface area contributed by atoms with Crippen molar-refractivity contribution < 1.29 is 5.11 Å². The molecule has 0 aliphatic carbocycles. The van der Waals surface area contributed by atoms with Crippen LogP contribution < -0.4 is 0 Å². The fourth-order valence-corrected chi connectivity index (χ4v) is 0.416. The summed E-state index contributed by atoms with van der Waals surface area (Å²) in [5.74, 6) is -0.880. The molecule has 0 rings (SSSR count). The van der Waals surface area contributed by atoms with Gasteiger partial charge in [0.2, 0.25) is 0 Å². The molecule has 0 amide bonds. The Kier molecular flexibility index (Phi) is 3.64. The minimum Gasteiger partial charge on any atom is -0.377 e. The van der Waals surface area contributed by atoms with Crippen LogP contribution in [0.4, 0.5) is 0 Å². The molecule has 10 heavy (non-hydrogen) atoms. The average molecular weight is 135 g/mol. The molecule has 0 fully saturated rings. The van der Waals surface area contributed by atoms with Crippen LogP contribution >= 0.6 is 0 Å². The SMILES string of the molecule is N#CCC(C#N)C(O)C#N. The third kappa shape index (κ3) is 2.13. The van der Waals surface area contributed by atoms with Gasteiger partial charge in [-0.1, -0.05) is 0 Å². The molecule has 0 aliphatic rings. The Labute approximate surface area is 58.5 Å². The Balaban J connectivity index is 4.02. The highest BCUT2D eigenvalue weighted by atomic mass is 16.3. The molecular formula is C6H5N3O. The lowest BCUT2D eigenvalue weighted by atomic mass is 10.0. The quantitative estimate of drug-likeness (QED) is 0.536. The van der Waals surface area contributed by atoms with Crippen LogP contribution in [-0.2, 0) is 0 Å². The van der Waals surface area contributed by atoms with E-state index in [4.69, 9.17) is 20.9 Å². The summed E-state index contributed by atoms with van der Waals surface area (Å²) in [6, 6.07) is 4.84. The first-order chi connectivity index (χ1) is 4.76. The van der Waals surface area contributed by atoms with Gasteiger partial charge in [0.15, 0.2) is 6.10 Å². The van der Waals surface area contributed by atoms with E-state index < -0.39 is 12.0 Å². The van der Waals surface area contributed by atoms with Crippen LogP contribution in [0.1, 0.15) is 6.42 Å². The molecule has 0 saturated carbocycles. The molecule has 4 heteroatoms. The van der Waals surface area contributed by atoms with E-state index in [0.29, 0.717) is 0 Å². The molecule has 4 nitrogen and oxygen atoms in total. The van der Waals surface area contributed by atoms with Crippen molar-refractivity contribution in [1.82, 2.24) is 0 Å². The highest BCUT2D eigenvalue weighted by Gasteiger charge is 2.16. The monoisotopic (exact) mass is 135 g/mol. The van der Waals surface area contributed by atoms with Crippen molar-refractivity contribution in [2.45, 2.75) is 12.5 Å². The van der Waals surface area contributed by atoms with Crippen LogP contribution in [0.2, 0.25) is 0 Å². The van der Waals surface area contributed by atoms with Gasteiger partial charge in [0.25, 0.3) is 0 Å². The Morgan fingerprint density at radius 3 is 2.10 bits per heavy atom. The smallest absolute Gasteiger partial charge is 0.157 e. The normalized spacial score (nSPS) is 13.8. The Morgan fingerprint density at radius 2 is 1.80 bits per heavy atom. The van der Waals surface area contributed by atoms with Crippen molar-refractivity contribution in [3.8, 4) is 18.2 Å². The van der Waals surface area contributed by atoms with Crippen molar-refractivity contribution in [3.63, 3.8) is 0 Å². The lowest BCUT2D eigenvalue weighted by Gasteiger charge is -2.02. The van der Waals surface area contributed by atoms with Crippen LogP contribution in [0.15, 0.2) is 0 Å². The maximum atomic E-state index is 8.71. The molecule has 50 valence electrons. The highest BCUT2D eigenvalue weighted by Crippen LogP contribution is 2.05. The third-order valence-corrected chi connectivity index (χ3v) is 0.990. The maximum absolute atomic E-state index is 8.71. The van der Waals surface area contributed by atoms with E-state index in [-0.39, 0.29) is 6.42 Å². The molecule has 1 N–H and O–H groups in total. The first-order valence-electron chi connectivity index (χ1n) is 2.60. The molecule has 2 unspecified atom stereocenters. The minimum atomic E-state index is -1.34. The highest BCUT2D eigenvalue weighted by molar-refractivity contribution is 5.01. The summed E-state index contributed by atoms with van der Waals surface area (Å²) in [6.45, 7) is 0. The molecule has 0 aliphatic heterocycles. The van der Waals surface area contributed by atoms with Crippen LogP contribution in [0.5, 0.6) is 0 Å². The van der Waals surface area contributed by atoms with E-state index >= 15 is 0 Å². The van der Waals surface area contributed by atoms with Gasteiger partial charge in [-0.25, -0.2) is 0 Å². The molecule has 0 aromatic rings. The zero-order valence-corrected chi connectivity index (χ0v) is 5.15. The van der Waals surface area contributed by atoms with E-state index in [1.165, 1.54) is 6.07 Å². The zero-order valence-electron chi connectivity index (χ0n) is 5.15. The molecule has 0 bridgehead atoms. The largest absolute Gasteiger partial charge is 0.377 e. The van der Waals surface area contributed by atoms with Crippen molar-refractivity contribution in [2.24, 2.45) is 5.92 Å². The molecule has 0 saturated heterocycles. The molecule has 0 spiro atoms. The van der Waals surface area contributed by atoms with Crippen LogP contribution in [0.25, 0.3) is 0 Å². The van der Waals surface area contributed by atoms with Gasteiger partial charge >= 0.3 is 0 Å². The van der Waals surface area contributed by atoms with E-state index in [2.05, 4.69) is 0 Å². The van der Waals surface area contributed by atoms with Gasteiger partial charge < -0.3 is 5.11 Å². The lowest BCUT2D eigenvalue weighted by molar-refractivity contribution is 0.189. The predicted molar refractivity (Wildman–Crippen MR) is 31.0 cm³/mol. The van der Waals surface area contributed by atoms with Gasteiger partial charge in [-0.3, -0.25) is 0 Å². The van der Waals surface area contributed by atoms with Gasteiger partial charge in [-0.15, -0.1) is 0 Å². The molecule has 0 aromatic heterocycles. The van der Waals surface area contributed by atoms with Crippen molar-refractivity contribution in [3.05, 3.63) is 0 Å². The summed E-state index contributed by atoms with van der Waals surface area (Å²) in [7, 11) is 0. The first-order valence-corrected chi connectivity index (χ1v) is 2.60. The van der Waals surface area contributed by atoms with Crippen LogP contribution in [-0.4, -0.2) is 11.2 Å². The Hall–Kier alpha value is -1.57. The lowest BCUT2D eigenvalue weighted by Crippen LogP contribution is -2.15. The van der Waals surface area contributed by atoms with E-state index in [0.717, 1.165) is 0 Å². The van der Waals surface area contributed by atoms with Crippen molar-refractivity contribution >= 4 is 0 Å². The third-order valence-electron chi connectivity index (χ3n) is 0.990. The topological polar surface area (TPSA) is 91.6 Å². The molecule has 0 heterocycles. The molecular weight excluding hydrogens is 130 g/mol. The Morgan fingerprint density at radius 1 is 1.20 bits per heavy atom. The second kappa shape index (κ2) is 4.32. The number of hydrogen-bond donors (Lipinski definition) is 1. The second-order valence-corrected chi connectivity index (χ2v) is 1.67. The second-order valence-electron chi connectivity index (χ2n) is 1.67. The van der Waals surface area contributed by atoms with Gasteiger partial charge in [0.05, 0.1) is 30.5 Å². The number of nitrogens with zero attached hydrogens (tertiary/aromatic N) is 3. The van der Waals surface area contributed by atoms with Gasteiger partial charge in [-0.05, 0) is 0 Å². The zero-order chi connectivity index (χ0) is 7.98. The number of rotatable bonds is 2. The van der Waals surface area contributed by atoms with Crippen molar-refractivity contribution in [1.29, 1.82) is 15.8 Å². The fraction of sp³-hybridized carbons (Fsp3) is 0.500. The van der Waals surface area contributed by atoms with Crippen LogP contribution in [0.3, 0.4) is 0 Å². The van der Waals surface area contributed by atoms with E-state index in [9.17, 15) is 0 Å². The van der Waals surface area contributed by atoms with E-state index in [1.807, 2.05) is 0 Å². The Bertz CT molecular complexity index is 217. The van der Waals surface area contributed by atoms with Gasteiger partial charge in [-0.2, -0.15) is 15.8 Å². The summed E-state index contributed by atoms with van der Waals surface area (Å²) in [4.78, 5) is 0. The van der Waals surface area contributed by atoms with Gasteiger partial charge in [0, 0.05) is 0 Å². The van der Waals surface area contributed by atoms with Gasteiger partial charge in [0.1, 0.15) is 0 Å². The maximum Gasteiger partial charge on any atom is 0.157 e. The molecule has 0 aromatic carbocycles. The molecule has 2 atom stereocenters. The average Bonchev–Trinajstić information content (AvgIpc) is 1.99. The minimum absolute atomic E-state index is 0.106. The molecule has 0 radical (unpaired) electrons. The van der Waals surface area contributed by atoms with Crippen molar-refractivity contribution in [2.75, 3.05) is 0 Å². The summed E-state index contributed by atoms with van der Waals surface area (Å²) in [5, 5.41) is 33.2.